The standard InChI is InChI=1S/C15H22FN3O5S/c1-25(22,23)19-6-4-18(5-7-19)15(21)11-17-13-3-2-12(16)10-14(13)24-9-8-20/h2-3,10,17,20H,4-9,11H2,1H3. The van der Waals surface area contributed by atoms with E-state index in [0.29, 0.717) is 18.8 Å². The van der Waals surface area contributed by atoms with Crippen molar-refractivity contribution in [2.24, 2.45) is 0 Å². The molecule has 0 atom stereocenters. The van der Waals surface area contributed by atoms with Crippen LogP contribution in [0.2, 0.25) is 0 Å². The fourth-order valence-corrected chi connectivity index (χ4v) is 3.30. The van der Waals surface area contributed by atoms with Crippen LogP contribution in [0.3, 0.4) is 0 Å². The van der Waals surface area contributed by atoms with Crippen LogP contribution in [0, 0.1) is 5.82 Å². The Kier molecular flexibility index (Phi) is 6.57. The monoisotopic (exact) mass is 375 g/mol. The second-order valence-corrected chi connectivity index (χ2v) is 7.59. The Bertz CT molecular complexity index is 705. The molecular formula is C15H22FN3O5S. The van der Waals surface area contributed by atoms with Crippen molar-refractivity contribution in [2.45, 2.75) is 0 Å². The van der Waals surface area contributed by atoms with Gasteiger partial charge in [0.05, 0.1) is 25.1 Å². The van der Waals surface area contributed by atoms with Crippen LogP contribution in [0.4, 0.5) is 10.1 Å². The third-order valence-corrected chi connectivity index (χ3v) is 5.09. The second kappa shape index (κ2) is 8.45. The van der Waals surface area contributed by atoms with E-state index in [2.05, 4.69) is 5.32 Å². The lowest BCUT2D eigenvalue weighted by atomic mass is 10.2. The van der Waals surface area contributed by atoms with Gasteiger partial charge in [-0.25, -0.2) is 12.8 Å². The molecule has 1 aliphatic heterocycles. The van der Waals surface area contributed by atoms with Crippen molar-refractivity contribution in [2.75, 3.05) is 57.5 Å². The number of hydrogen-bond acceptors (Lipinski definition) is 6. The Morgan fingerprint density at radius 1 is 1.32 bits per heavy atom. The first-order valence-corrected chi connectivity index (χ1v) is 9.66. The molecule has 8 nitrogen and oxygen atoms in total. The SMILES string of the molecule is CS(=O)(=O)N1CCN(C(=O)CNc2ccc(F)cc2OCCO)CC1. The maximum Gasteiger partial charge on any atom is 0.241 e. The van der Waals surface area contributed by atoms with Gasteiger partial charge in [0.15, 0.2) is 0 Å². The van der Waals surface area contributed by atoms with Gasteiger partial charge in [0.2, 0.25) is 15.9 Å². The number of sulfonamides is 1. The van der Waals surface area contributed by atoms with E-state index >= 15 is 0 Å². The molecule has 0 radical (unpaired) electrons. The first kappa shape index (κ1) is 19.4. The van der Waals surface area contributed by atoms with E-state index in [1.165, 1.54) is 22.5 Å². The van der Waals surface area contributed by atoms with Gasteiger partial charge in [-0.1, -0.05) is 0 Å². The first-order valence-electron chi connectivity index (χ1n) is 7.81. The van der Waals surface area contributed by atoms with Gasteiger partial charge in [0, 0.05) is 32.2 Å². The lowest BCUT2D eigenvalue weighted by Crippen LogP contribution is -2.51. The molecule has 0 aromatic heterocycles. The molecule has 140 valence electrons. The topological polar surface area (TPSA) is 99.2 Å². The summed E-state index contributed by atoms with van der Waals surface area (Å²) in [4.78, 5) is 13.8. The zero-order chi connectivity index (χ0) is 18.4. The number of halogens is 1. The smallest absolute Gasteiger partial charge is 0.241 e. The zero-order valence-electron chi connectivity index (χ0n) is 13.9. The summed E-state index contributed by atoms with van der Waals surface area (Å²) in [7, 11) is -3.24. The predicted molar refractivity (Wildman–Crippen MR) is 90.5 cm³/mol. The van der Waals surface area contributed by atoms with Gasteiger partial charge in [-0.3, -0.25) is 4.79 Å². The van der Waals surface area contributed by atoms with E-state index in [4.69, 9.17) is 9.84 Å². The number of nitrogens with one attached hydrogen (secondary N) is 1. The molecule has 1 heterocycles. The summed E-state index contributed by atoms with van der Waals surface area (Å²) in [6.45, 7) is 0.965. The molecule has 0 bridgehead atoms. The predicted octanol–water partition coefficient (Wildman–Crippen LogP) is -0.287. The van der Waals surface area contributed by atoms with Crippen LogP contribution in [0.1, 0.15) is 0 Å². The van der Waals surface area contributed by atoms with Crippen LogP contribution in [0.5, 0.6) is 5.75 Å². The normalized spacial score (nSPS) is 15.9. The second-order valence-electron chi connectivity index (χ2n) is 5.61. The minimum absolute atomic E-state index is 0.0134. The number of aliphatic hydroxyl groups excluding tert-OH is 1. The number of anilines is 1. The number of carbonyl (C=O) groups excluding carboxylic acids is 1. The summed E-state index contributed by atoms with van der Waals surface area (Å²) in [5, 5.41) is 11.7. The highest BCUT2D eigenvalue weighted by molar-refractivity contribution is 7.88. The van der Waals surface area contributed by atoms with Gasteiger partial charge < -0.3 is 20.1 Å². The van der Waals surface area contributed by atoms with Crippen molar-refractivity contribution < 1.29 is 27.4 Å². The molecule has 1 fully saturated rings. The van der Waals surface area contributed by atoms with E-state index in [1.807, 2.05) is 0 Å². The maximum absolute atomic E-state index is 13.3. The highest BCUT2D eigenvalue weighted by Crippen LogP contribution is 2.25. The average Bonchev–Trinajstić information content (AvgIpc) is 2.58. The summed E-state index contributed by atoms with van der Waals surface area (Å²) in [6, 6.07) is 3.87. The van der Waals surface area contributed by atoms with Crippen molar-refractivity contribution in [1.29, 1.82) is 0 Å². The fraction of sp³-hybridized carbons (Fsp3) is 0.533. The highest BCUT2D eigenvalue weighted by Gasteiger charge is 2.25. The molecule has 0 spiro atoms. The molecule has 1 aromatic carbocycles. The molecule has 1 amide bonds. The molecule has 1 aromatic rings. The minimum Gasteiger partial charge on any atom is -0.489 e. The Morgan fingerprint density at radius 2 is 2.00 bits per heavy atom. The molecular weight excluding hydrogens is 353 g/mol. The van der Waals surface area contributed by atoms with Gasteiger partial charge in [-0.05, 0) is 12.1 Å². The Balaban J connectivity index is 1.90. The molecule has 2 rings (SSSR count). The number of ether oxygens (including phenoxy) is 1. The largest absolute Gasteiger partial charge is 0.489 e. The number of carbonyl (C=O) groups is 1. The number of hydrogen-bond donors (Lipinski definition) is 2. The van der Waals surface area contributed by atoms with E-state index < -0.39 is 15.8 Å². The van der Waals surface area contributed by atoms with Crippen LogP contribution in [-0.4, -0.2) is 80.8 Å². The Hall–Kier alpha value is -1.91. The number of nitrogens with zero attached hydrogens (tertiary/aromatic N) is 2. The van der Waals surface area contributed by atoms with E-state index in [-0.39, 0.29) is 44.5 Å². The summed E-state index contributed by atoms with van der Waals surface area (Å²) in [5.41, 5.74) is 0.443. The average molecular weight is 375 g/mol. The minimum atomic E-state index is -3.24. The number of rotatable bonds is 7. The van der Waals surface area contributed by atoms with Crippen LogP contribution < -0.4 is 10.1 Å². The van der Waals surface area contributed by atoms with Crippen LogP contribution >= 0.6 is 0 Å². The fourth-order valence-electron chi connectivity index (χ4n) is 2.47. The van der Waals surface area contributed by atoms with Gasteiger partial charge in [-0.2, -0.15) is 4.31 Å². The third kappa shape index (κ3) is 5.55. The highest BCUT2D eigenvalue weighted by atomic mass is 32.2. The van der Waals surface area contributed by atoms with E-state index in [0.717, 1.165) is 6.26 Å². The summed E-state index contributed by atoms with van der Waals surface area (Å²) >= 11 is 0. The van der Waals surface area contributed by atoms with Gasteiger partial charge in [0.25, 0.3) is 0 Å². The van der Waals surface area contributed by atoms with Crippen molar-refractivity contribution >= 4 is 21.6 Å². The van der Waals surface area contributed by atoms with Gasteiger partial charge >= 0.3 is 0 Å². The van der Waals surface area contributed by atoms with Crippen molar-refractivity contribution in [3.8, 4) is 5.75 Å². The van der Waals surface area contributed by atoms with Crippen LogP contribution in [0.15, 0.2) is 18.2 Å². The molecule has 25 heavy (non-hydrogen) atoms. The summed E-state index contributed by atoms with van der Waals surface area (Å²) < 4.78 is 42.8. The molecule has 2 N–H and O–H groups in total. The zero-order valence-corrected chi connectivity index (χ0v) is 14.8. The number of aliphatic hydroxyl groups is 1. The number of amides is 1. The van der Waals surface area contributed by atoms with Crippen LogP contribution in [0.25, 0.3) is 0 Å². The maximum atomic E-state index is 13.3. The van der Waals surface area contributed by atoms with E-state index in [1.54, 1.807) is 4.90 Å². The molecule has 1 aliphatic rings. The van der Waals surface area contributed by atoms with Crippen molar-refractivity contribution in [3.05, 3.63) is 24.0 Å². The van der Waals surface area contributed by atoms with Crippen molar-refractivity contribution in [1.82, 2.24) is 9.21 Å². The summed E-state index contributed by atoms with van der Waals surface area (Å²) in [5.74, 6) is -0.462. The Morgan fingerprint density at radius 3 is 2.60 bits per heavy atom. The summed E-state index contributed by atoms with van der Waals surface area (Å²) in [6.07, 6.45) is 1.15. The quantitative estimate of drug-likeness (QED) is 0.680. The molecule has 10 heteroatoms. The van der Waals surface area contributed by atoms with Gasteiger partial charge in [-0.15, -0.1) is 0 Å². The molecule has 0 aliphatic carbocycles. The lowest BCUT2D eigenvalue weighted by Gasteiger charge is -2.33. The third-order valence-electron chi connectivity index (χ3n) is 3.78. The molecule has 1 saturated heterocycles. The Labute approximate surface area is 146 Å². The van der Waals surface area contributed by atoms with Crippen LogP contribution in [-0.2, 0) is 14.8 Å². The number of benzene rings is 1. The van der Waals surface area contributed by atoms with Gasteiger partial charge in [0.1, 0.15) is 18.2 Å². The lowest BCUT2D eigenvalue weighted by molar-refractivity contribution is -0.130. The number of piperazine rings is 1. The van der Waals surface area contributed by atoms with Crippen molar-refractivity contribution in [3.63, 3.8) is 0 Å². The van der Waals surface area contributed by atoms with E-state index in [9.17, 15) is 17.6 Å². The molecule has 0 unspecified atom stereocenters. The molecule has 0 saturated carbocycles. The first-order chi connectivity index (χ1) is 11.8.